The second-order valence-electron chi connectivity index (χ2n) is 9.82. The Morgan fingerprint density at radius 1 is 1.06 bits per heavy atom. The van der Waals surface area contributed by atoms with Crippen molar-refractivity contribution in [3.8, 4) is 0 Å². The summed E-state index contributed by atoms with van der Waals surface area (Å²) in [6.45, 7) is 1.24. The van der Waals surface area contributed by atoms with Gasteiger partial charge in [0.15, 0.2) is 0 Å². The van der Waals surface area contributed by atoms with Crippen LogP contribution in [0.5, 0.6) is 0 Å². The van der Waals surface area contributed by atoms with Gasteiger partial charge in [0.05, 0.1) is 6.54 Å². The van der Waals surface area contributed by atoms with Crippen molar-refractivity contribution in [3.05, 3.63) is 36.0 Å². The van der Waals surface area contributed by atoms with Gasteiger partial charge in [-0.1, -0.05) is 18.2 Å². The van der Waals surface area contributed by atoms with Crippen LogP contribution in [0.15, 0.2) is 30.5 Å². The lowest BCUT2D eigenvalue weighted by Crippen LogP contribution is -2.50. The molecule has 1 aromatic carbocycles. The summed E-state index contributed by atoms with van der Waals surface area (Å²) in [5.41, 5.74) is 8.10. The maximum atomic E-state index is 13.1. The third-order valence-corrected chi connectivity index (χ3v) is 7.23. The number of nitrogens with one attached hydrogen (secondary N) is 3. The highest BCUT2D eigenvalue weighted by Crippen LogP contribution is 2.22. The first-order chi connectivity index (χ1) is 16.5. The van der Waals surface area contributed by atoms with E-state index >= 15 is 0 Å². The number of aryl methyl sites for hydroxylation is 1. The Morgan fingerprint density at radius 2 is 1.85 bits per heavy atom. The highest BCUT2D eigenvalue weighted by molar-refractivity contribution is 5.91. The quantitative estimate of drug-likeness (QED) is 0.476. The van der Waals surface area contributed by atoms with Gasteiger partial charge in [-0.05, 0) is 68.9 Å². The molecule has 1 saturated heterocycles. The number of nitrogens with two attached hydrogens (primary N) is 1. The van der Waals surface area contributed by atoms with Gasteiger partial charge in [0.1, 0.15) is 6.04 Å². The average Bonchev–Trinajstić information content (AvgIpc) is 3.18. The summed E-state index contributed by atoms with van der Waals surface area (Å²) in [5, 5.41) is 7.04. The molecule has 34 heavy (non-hydrogen) atoms. The van der Waals surface area contributed by atoms with Crippen molar-refractivity contribution in [2.24, 2.45) is 11.7 Å². The molecule has 184 valence electrons. The van der Waals surface area contributed by atoms with Gasteiger partial charge in [-0.15, -0.1) is 0 Å². The van der Waals surface area contributed by atoms with Crippen LogP contribution in [-0.2, 0) is 20.8 Å². The van der Waals surface area contributed by atoms with Crippen molar-refractivity contribution < 1.29 is 14.4 Å². The van der Waals surface area contributed by atoms with E-state index < -0.39 is 6.04 Å². The fraction of sp³-hybridized carbons (Fsp3) is 0.577. The number of H-pyrrole nitrogens is 1. The Bertz CT molecular complexity index is 995. The Kier molecular flexibility index (Phi) is 8.21. The van der Waals surface area contributed by atoms with E-state index in [1.54, 1.807) is 4.90 Å². The monoisotopic (exact) mass is 467 g/mol. The Balaban J connectivity index is 1.24. The lowest BCUT2D eigenvalue weighted by atomic mass is 9.86. The Labute approximate surface area is 201 Å². The molecule has 1 aliphatic carbocycles. The zero-order chi connectivity index (χ0) is 23.9. The molecule has 1 aliphatic heterocycles. The van der Waals surface area contributed by atoms with Gasteiger partial charge in [0.25, 0.3) is 0 Å². The number of amides is 3. The van der Waals surface area contributed by atoms with E-state index in [0.717, 1.165) is 55.0 Å². The highest BCUT2D eigenvalue weighted by atomic mass is 16.2. The number of carbonyl (C=O) groups is 3. The minimum Gasteiger partial charge on any atom is -0.361 e. The number of rotatable bonds is 8. The fourth-order valence-electron chi connectivity index (χ4n) is 5.13. The maximum Gasteiger partial charge on any atom is 0.245 e. The van der Waals surface area contributed by atoms with Gasteiger partial charge < -0.3 is 26.3 Å². The van der Waals surface area contributed by atoms with E-state index in [4.69, 9.17) is 5.73 Å². The largest absolute Gasteiger partial charge is 0.361 e. The molecule has 1 aromatic heterocycles. The molecular formula is C26H37N5O3. The summed E-state index contributed by atoms with van der Waals surface area (Å²) in [7, 11) is 0. The number of nitrogens with zero attached hydrogens (tertiary/aromatic N) is 1. The second-order valence-corrected chi connectivity index (χ2v) is 9.82. The molecular weight excluding hydrogens is 430 g/mol. The number of fused-ring (bicyclic) bond motifs is 1. The van der Waals surface area contributed by atoms with E-state index in [0.29, 0.717) is 38.3 Å². The summed E-state index contributed by atoms with van der Waals surface area (Å²) < 4.78 is 0. The number of aromatic amines is 1. The van der Waals surface area contributed by atoms with E-state index in [1.807, 2.05) is 30.5 Å². The second kappa shape index (κ2) is 11.5. The van der Waals surface area contributed by atoms with Gasteiger partial charge in [0.2, 0.25) is 17.7 Å². The number of carbonyl (C=O) groups excluding carboxylic acids is 3. The van der Waals surface area contributed by atoms with Crippen LogP contribution in [-0.4, -0.2) is 59.3 Å². The number of hydrogen-bond acceptors (Lipinski definition) is 4. The molecule has 2 aromatic rings. The zero-order valence-electron chi connectivity index (χ0n) is 19.9. The van der Waals surface area contributed by atoms with Crippen LogP contribution >= 0.6 is 0 Å². The number of para-hydroxylation sites is 1. The molecule has 1 atom stereocenters. The SMILES string of the molecule is NC1CCC(CNC(=O)CN2CCCCC(NC(=O)CCc3c[nH]c4ccccc34)C2=O)CC1. The molecule has 1 saturated carbocycles. The Hall–Kier alpha value is -2.87. The summed E-state index contributed by atoms with van der Waals surface area (Å²) in [4.78, 5) is 43.1. The van der Waals surface area contributed by atoms with Gasteiger partial charge in [-0.2, -0.15) is 0 Å². The van der Waals surface area contributed by atoms with Gasteiger partial charge in [-0.25, -0.2) is 0 Å². The number of aromatic nitrogens is 1. The maximum absolute atomic E-state index is 13.1. The van der Waals surface area contributed by atoms with E-state index in [1.165, 1.54) is 0 Å². The minimum absolute atomic E-state index is 0.0484. The smallest absolute Gasteiger partial charge is 0.245 e. The van der Waals surface area contributed by atoms with Crippen molar-refractivity contribution in [1.29, 1.82) is 0 Å². The van der Waals surface area contributed by atoms with Crippen LogP contribution in [0.2, 0.25) is 0 Å². The molecule has 8 heteroatoms. The standard InChI is InChI=1S/C26H37N5O3/c27-20-11-8-18(9-12-20)15-29-25(33)17-31-14-4-3-7-23(26(31)34)30-24(32)13-10-19-16-28-22-6-2-1-5-21(19)22/h1-2,5-6,16,18,20,23,28H,3-4,7-15,17,27H2,(H,29,33)(H,30,32). The molecule has 8 nitrogen and oxygen atoms in total. The van der Waals surface area contributed by atoms with Crippen LogP contribution in [0.1, 0.15) is 56.9 Å². The lowest BCUT2D eigenvalue weighted by molar-refractivity contribution is -0.139. The van der Waals surface area contributed by atoms with Crippen LogP contribution in [0, 0.1) is 5.92 Å². The predicted octanol–water partition coefficient (Wildman–Crippen LogP) is 2.23. The molecule has 0 radical (unpaired) electrons. The molecule has 0 bridgehead atoms. The van der Waals surface area contributed by atoms with Gasteiger partial charge in [0, 0.05) is 42.7 Å². The number of benzene rings is 1. The predicted molar refractivity (Wildman–Crippen MR) is 132 cm³/mol. The third kappa shape index (κ3) is 6.38. The average molecular weight is 468 g/mol. The number of hydrogen-bond donors (Lipinski definition) is 4. The first-order valence-corrected chi connectivity index (χ1v) is 12.6. The van der Waals surface area contributed by atoms with Crippen molar-refractivity contribution in [3.63, 3.8) is 0 Å². The molecule has 2 fully saturated rings. The first-order valence-electron chi connectivity index (χ1n) is 12.6. The summed E-state index contributed by atoms with van der Waals surface area (Å²) in [6.07, 6.45) is 9.25. The zero-order valence-corrected chi connectivity index (χ0v) is 19.9. The number of likely N-dealkylation sites (tertiary alicyclic amines) is 1. The fourth-order valence-corrected chi connectivity index (χ4v) is 5.13. The highest BCUT2D eigenvalue weighted by Gasteiger charge is 2.29. The van der Waals surface area contributed by atoms with E-state index in [9.17, 15) is 14.4 Å². The van der Waals surface area contributed by atoms with Crippen molar-refractivity contribution >= 4 is 28.6 Å². The van der Waals surface area contributed by atoms with E-state index in [2.05, 4.69) is 15.6 Å². The van der Waals surface area contributed by atoms with Crippen molar-refractivity contribution in [1.82, 2.24) is 20.5 Å². The lowest BCUT2D eigenvalue weighted by Gasteiger charge is -2.27. The Morgan fingerprint density at radius 3 is 2.68 bits per heavy atom. The van der Waals surface area contributed by atoms with Gasteiger partial charge >= 0.3 is 0 Å². The summed E-state index contributed by atoms with van der Waals surface area (Å²) >= 11 is 0. The van der Waals surface area contributed by atoms with Crippen LogP contribution < -0.4 is 16.4 Å². The topological polar surface area (TPSA) is 120 Å². The molecule has 0 spiro atoms. The van der Waals surface area contributed by atoms with Crippen molar-refractivity contribution in [2.45, 2.75) is 69.9 Å². The molecule has 5 N–H and O–H groups in total. The summed E-state index contributed by atoms with van der Waals surface area (Å²) in [5.74, 6) is 0.0458. The van der Waals surface area contributed by atoms with E-state index in [-0.39, 0.29) is 30.3 Å². The van der Waals surface area contributed by atoms with Gasteiger partial charge in [-0.3, -0.25) is 14.4 Å². The summed E-state index contributed by atoms with van der Waals surface area (Å²) in [6, 6.07) is 7.74. The molecule has 4 rings (SSSR count). The molecule has 1 unspecified atom stereocenters. The van der Waals surface area contributed by atoms with Crippen LogP contribution in [0.25, 0.3) is 10.9 Å². The van der Waals surface area contributed by atoms with Crippen LogP contribution in [0.3, 0.4) is 0 Å². The first kappa shape index (κ1) is 24.3. The molecule has 3 amide bonds. The third-order valence-electron chi connectivity index (χ3n) is 7.23. The minimum atomic E-state index is -0.564. The van der Waals surface area contributed by atoms with Crippen molar-refractivity contribution in [2.75, 3.05) is 19.6 Å². The van der Waals surface area contributed by atoms with Crippen LogP contribution in [0.4, 0.5) is 0 Å². The molecule has 2 heterocycles. The normalized spacial score (nSPS) is 23.5. The molecule has 2 aliphatic rings.